The fourth-order valence-corrected chi connectivity index (χ4v) is 4.51. The number of unbranched alkanes of at least 4 members (excludes halogenated alkanes) is 14. The molecule has 0 bridgehead atoms. The van der Waals surface area contributed by atoms with Gasteiger partial charge in [0, 0.05) is 25.0 Å². The minimum absolute atomic E-state index is 0.608. The van der Waals surface area contributed by atoms with Crippen LogP contribution in [0.1, 0.15) is 137 Å². The van der Waals surface area contributed by atoms with Crippen LogP contribution in [0.4, 0.5) is 0 Å². The van der Waals surface area contributed by atoms with E-state index in [0.717, 1.165) is 0 Å². The highest BCUT2D eigenvalue weighted by molar-refractivity contribution is 4.98. The number of hydrogen-bond acceptors (Lipinski definition) is 2. The quantitative estimate of drug-likeness (QED) is 0.203. The zero-order valence-electron chi connectivity index (χ0n) is 19.9. The largest absolute Gasteiger partial charge is 0.356 e. The van der Waals surface area contributed by atoms with E-state index >= 15 is 0 Å². The van der Waals surface area contributed by atoms with E-state index in [0.29, 0.717) is 12.2 Å². The van der Waals surface area contributed by atoms with Gasteiger partial charge >= 0.3 is 0 Å². The van der Waals surface area contributed by atoms with Crippen LogP contribution in [-0.4, -0.2) is 28.6 Å². The van der Waals surface area contributed by atoms with Crippen molar-refractivity contribution in [2.75, 3.05) is 6.54 Å². The van der Waals surface area contributed by atoms with Crippen LogP contribution in [0.15, 0.2) is 12.4 Å². The fraction of sp³-hybridized carbons (Fsp3) is 0.923. The highest BCUT2D eigenvalue weighted by Gasteiger charge is 2.26. The van der Waals surface area contributed by atoms with Crippen LogP contribution in [0, 0.1) is 0 Å². The van der Waals surface area contributed by atoms with E-state index in [1.807, 2.05) is 0 Å². The van der Waals surface area contributed by atoms with Crippen molar-refractivity contribution in [2.45, 2.75) is 149 Å². The summed E-state index contributed by atoms with van der Waals surface area (Å²) in [6, 6.07) is 0.610. The second kappa shape index (κ2) is 17.2. The summed E-state index contributed by atoms with van der Waals surface area (Å²) in [5.41, 5.74) is 0. The molecule has 0 aromatic carbocycles. The van der Waals surface area contributed by atoms with Crippen molar-refractivity contribution in [1.29, 1.82) is 0 Å². The van der Waals surface area contributed by atoms with Gasteiger partial charge in [-0.2, -0.15) is 0 Å². The van der Waals surface area contributed by atoms with Crippen LogP contribution < -0.4 is 0 Å². The Balaban J connectivity index is 1.89. The number of rotatable bonds is 19. The first kappa shape index (κ1) is 25.4. The molecule has 0 amide bonds. The standard InChI is InChI=1S/C26H52N2/c1-5-7-8-9-10-11-12-13-14-15-16-17-18-19-20-22-27-23-24-28(25(3)4)26(27)21-6-2/h23-26H,5-22H2,1-4H3. The van der Waals surface area contributed by atoms with Crippen LogP contribution in [0.25, 0.3) is 0 Å². The predicted molar refractivity (Wildman–Crippen MR) is 126 cm³/mol. The van der Waals surface area contributed by atoms with Crippen molar-refractivity contribution in [3.05, 3.63) is 12.4 Å². The van der Waals surface area contributed by atoms with Gasteiger partial charge < -0.3 is 9.80 Å². The lowest BCUT2D eigenvalue weighted by Crippen LogP contribution is -2.42. The highest BCUT2D eigenvalue weighted by Crippen LogP contribution is 2.23. The van der Waals surface area contributed by atoms with Gasteiger partial charge in [0.25, 0.3) is 0 Å². The first-order valence-corrected chi connectivity index (χ1v) is 12.9. The SMILES string of the molecule is CCCCCCCCCCCCCCCCCN1C=CN(C(C)C)C1CCC. The van der Waals surface area contributed by atoms with E-state index in [1.54, 1.807) is 0 Å². The average Bonchev–Trinajstić information content (AvgIpc) is 3.08. The van der Waals surface area contributed by atoms with Crippen molar-refractivity contribution < 1.29 is 0 Å². The van der Waals surface area contributed by atoms with Crippen LogP contribution in [0.5, 0.6) is 0 Å². The molecular weight excluding hydrogens is 340 g/mol. The molecule has 0 saturated heterocycles. The summed E-state index contributed by atoms with van der Waals surface area (Å²) < 4.78 is 0. The van der Waals surface area contributed by atoms with Gasteiger partial charge in [0.1, 0.15) is 6.17 Å². The molecule has 0 fully saturated rings. The van der Waals surface area contributed by atoms with E-state index in [1.165, 1.54) is 116 Å². The minimum atomic E-state index is 0.608. The van der Waals surface area contributed by atoms with Crippen LogP contribution in [0.2, 0.25) is 0 Å². The Labute approximate surface area is 178 Å². The van der Waals surface area contributed by atoms with Crippen molar-refractivity contribution in [3.63, 3.8) is 0 Å². The Hall–Kier alpha value is -0.660. The molecular formula is C26H52N2. The van der Waals surface area contributed by atoms with E-state index in [9.17, 15) is 0 Å². The van der Waals surface area contributed by atoms with Gasteiger partial charge in [-0.15, -0.1) is 0 Å². The summed E-state index contributed by atoms with van der Waals surface area (Å²) in [4.78, 5) is 5.13. The first-order chi connectivity index (χ1) is 13.7. The molecule has 2 heteroatoms. The molecule has 1 atom stereocenters. The lowest BCUT2D eigenvalue weighted by molar-refractivity contribution is 0.116. The normalized spacial score (nSPS) is 16.7. The predicted octanol–water partition coefficient (Wildman–Crippen LogP) is 8.48. The van der Waals surface area contributed by atoms with E-state index in [2.05, 4.69) is 49.9 Å². The van der Waals surface area contributed by atoms with Gasteiger partial charge in [0.15, 0.2) is 0 Å². The summed E-state index contributed by atoms with van der Waals surface area (Å²) in [5, 5.41) is 0. The number of nitrogens with zero attached hydrogens (tertiary/aromatic N) is 2. The molecule has 0 saturated carbocycles. The Morgan fingerprint density at radius 3 is 1.50 bits per heavy atom. The average molecular weight is 393 g/mol. The third kappa shape index (κ3) is 11.4. The third-order valence-corrected chi connectivity index (χ3v) is 6.32. The Kier molecular flexibility index (Phi) is 15.6. The minimum Gasteiger partial charge on any atom is -0.356 e. The summed E-state index contributed by atoms with van der Waals surface area (Å²) in [7, 11) is 0. The maximum absolute atomic E-state index is 2.59. The second-order valence-corrected chi connectivity index (χ2v) is 9.30. The van der Waals surface area contributed by atoms with E-state index in [-0.39, 0.29) is 0 Å². The zero-order chi connectivity index (χ0) is 20.5. The smallest absolute Gasteiger partial charge is 0.101 e. The van der Waals surface area contributed by atoms with Gasteiger partial charge in [-0.25, -0.2) is 0 Å². The van der Waals surface area contributed by atoms with E-state index < -0.39 is 0 Å². The molecule has 2 nitrogen and oxygen atoms in total. The Morgan fingerprint density at radius 2 is 1.07 bits per heavy atom. The summed E-state index contributed by atoms with van der Waals surface area (Å²) in [6.45, 7) is 10.5. The molecule has 1 heterocycles. The van der Waals surface area contributed by atoms with Crippen molar-refractivity contribution in [2.24, 2.45) is 0 Å². The summed E-state index contributed by atoms with van der Waals surface area (Å²) in [5.74, 6) is 0. The van der Waals surface area contributed by atoms with E-state index in [4.69, 9.17) is 0 Å². The lowest BCUT2D eigenvalue weighted by atomic mass is 10.0. The van der Waals surface area contributed by atoms with Gasteiger partial charge in [-0.3, -0.25) is 0 Å². The van der Waals surface area contributed by atoms with Crippen LogP contribution in [0.3, 0.4) is 0 Å². The maximum atomic E-state index is 2.59. The Bertz CT molecular complexity index is 363. The molecule has 166 valence electrons. The second-order valence-electron chi connectivity index (χ2n) is 9.30. The van der Waals surface area contributed by atoms with Crippen LogP contribution in [-0.2, 0) is 0 Å². The Morgan fingerprint density at radius 1 is 0.607 bits per heavy atom. The third-order valence-electron chi connectivity index (χ3n) is 6.32. The molecule has 1 unspecified atom stereocenters. The van der Waals surface area contributed by atoms with Gasteiger partial charge in [0.2, 0.25) is 0 Å². The molecule has 1 aliphatic rings. The van der Waals surface area contributed by atoms with Crippen molar-refractivity contribution >= 4 is 0 Å². The molecule has 0 aliphatic carbocycles. The summed E-state index contributed by atoms with van der Waals surface area (Å²) >= 11 is 0. The first-order valence-electron chi connectivity index (χ1n) is 12.9. The molecule has 1 rings (SSSR count). The van der Waals surface area contributed by atoms with Gasteiger partial charge in [-0.1, -0.05) is 110 Å². The van der Waals surface area contributed by atoms with Crippen molar-refractivity contribution in [1.82, 2.24) is 9.80 Å². The molecule has 0 radical (unpaired) electrons. The maximum Gasteiger partial charge on any atom is 0.101 e. The topological polar surface area (TPSA) is 6.48 Å². The highest BCUT2D eigenvalue weighted by atomic mass is 15.4. The molecule has 0 N–H and O–H groups in total. The molecule has 0 aromatic heterocycles. The molecule has 0 spiro atoms. The van der Waals surface area contributed by atoms with Gasteiger partial charge in [-0.05, 0) is 26.7 Å². The number of hydrogen-bond donors (Lipinski definition) is 0. The fourth-order valence-electron chi connectivity index (χ4n) is 4.51. The van der Waals surface area contributed by atoms with Crippen LogP contribution >= 0.6 is 0 Å². The lowest BCUT2D eigenvalue weighted by Gasteiger charge is -2.35. The van der Waals surface area contributed by atoms with Crippen molar-refractivity contribution in [3.8, 4) is 0 Å². The zero-order valence-corrected chi connectivity index (χ0v) is 19.9. The molecule has 28 heavy (non-hydrogen) atoms. The molecule has 0 aromatic rings. The summed E-state index contributed by atoms with van der Waals surface area (Å²) in [6.07, 6.45) is 29.5. The monoisotopic (exact) mass is 392 g/mol. The molecule has 1 aliphatic heterocycles. The van der Waals surface area contributed by atoms with Gasteiger partial charge in [0.05, 0.1) is 0 Å².